The van der Waals surface area contributed by atoms with Gasteiger partial charge in [0.25, 0.3) is 0 Å². The third-order valence-electron chi connectivity index (χ3n) is 3.86. The van der Waals surface area contributed by atoms with Crippen LogP contribution in [0.3, 0.4) is 0 Å². The summed E-state index contributed by atoms with van der Waals surface area (Å²) in [5.74, 6) is 0.377. The summed E-state index contributed by atoms with van der Waals surface area (Å²) in [5, 5.41) is 0. The van der Waals surface area contributed by atoms with Gasteiger partial charge in [-0.15, -0.1) is 13.2 Å². The molecule has 0 saturated carbocycles. The summed E-state index contributed by atoms with van der Waals surface area (Å²) in [6, 6.07) is 6.02. The van der Waals surface area contributed by atoms with Crippen LogP contribution in [0, 0.1) is 5.92 Å². The molecule has 1 aromatic carbocycles. The molecular weight excluding hydrogens is 281 g/mol. The molecule has 3 nitrogen and oxygen atoms in total. The molecule has 0 aliphatic carbocycles. The Labute approximate surface area is 122 Å². The summed E-state index contributed by atoms with van der Waals surface area (Å²) in [5.41, 5.74) is 6.34. The first-order valence-corrected chi connectivity index (χ1v) is 7.19. The van der Waals surface area contributed by atoms with E-state index in [1.54, 1.807) is 12.1 Å². The number of benzene rings is 1. The van der Waals surface area contributed by atoms with Crippen LogP contribution < -0.4 is 10.5 Å². The van der Waals surface area contributed by atoms with E-state index in [4.69, 9.17) is 5.73 Å². The summed E-state index contributed by atoms with van der Waals surface area (Å²) in [6.07, 6.45) is -2.50. The maximum Gasteiger partial charge on any atom is 0.573 e. The fraction of sp³-hybridized carbons (Fsp3) is 0.600. The van der Waals surface area contributed by atoms with E-state index in [0.29, 0.717) is 11.5 Å². The molecule has 1 aromatic rings. The van der Waals surface area contributed by atoms with Gasteiger partial charge in [-0.2, -0.15) is 0 Å². The molecule has 118 valence electrons. The van der Waals surface area contributed by atoms with Gasteiger partial charge in [0.1, 0.15) is 5.75 Å². The van der Waals surface area contributed by atoms with Crippen molar-refractivity contribution in [1.29, 1.82) is 0 Å². The Morgan fingerprint density at radius 1 is 1.38 bits per heavy atom. The molecule has 0 spiro atoms. The Bertz CT molecular complexity index is 464. The SMILES string of the molecule is C[C@H]1CCCN([C@@H](CN)c2ccccc2OC(F)(F)F)C1. The lowest BCUT2D eigenvalue weighted by Crippen LogP contribution is -2.40. The van der Waals surface area contributed by atoms with Crippen LogP contribution in [0.5, 0.6) is 5.75 Å². The average Bonchev–Trinajstić information content (AvgIpc) is 2.40. The van der Waals surface area contributed by atoms with Crippen LogP contribution in [0.25, 0.3) is 0 Å². The topological polar surface area (TPSA) is 38.5 Å². The first-order valence-electron chi connectivity index (χ1n) is 7.19. The van der Waals surface area contributed by atoms with Gasteiger partial charge in [0.2, 0.25) is 0 Å². The van der Waals surface area contributed by atoms with E-state index in [1.165, 1.54) is 12.1 Å². The molecule has 6 heteroatoms. The predicted octanol–water partition coefficient (Wildman–Crippen LogP) is 3.32. The highest BCUT2D eigenvalue weighted by molar-refractivity contribution is 5.36. The van der Waals surface area contributed by atoms with Crippen molar-refractivity contribution in [3.05, 3.63) is 29.8 Å². The van der Waals surface area contributed by atoms with Gasteiger partial charge in [-0.1, -0.05) is 25.1 Å². The summed E-state index contributed by atoms with van der Waals surface area (Å²) in [6.45, 7) is 4.12. The lowest BCUT2D eigenvalue weighted by Gasteiger charge is -2.37. The molecule has 0 aromatic heterocycles. The Kier molecular flexibility index (Phi) is 5.11. The second-order valence-electron chi connectivity index (χ2n) is 5.58. The molecule has 21 heavy (non-hydrogen) atoms. The summed E-state index contributed by atoms with van der Waals surface area (Å²) < 4.78 is 41.7. The van der Waals surface area contributed by atoms with Crippen molar-refractivity contribution < 1.29 is 17.9 Å². The van der Waals surface area contributed by atoms with Gasteiger partial charge in [-0.25, -0.2) is 0 Å². The van der Waals surface area contributed by atoms with Gasteiger partial charge >= 0.3 is 6.36 Å². The molecule has 0 bridgehead atoms. The number of para-hydroxylation sites is 1. The number of hydrogen-bond donors (Lipinski definition) is 1. The van der Waals surface area contributed by atoms with Gasteiger partial charge in [-0.05, 0) is 31.4 Å². The molecule has 1 aliphatic rings. The molecule has 1 heterocycles. The first-order chi connectivity index (χ1) is 9.90. The van der Waals surface area contributed by atoms with E-state index in [-0.39, 0.29) is 18.3 Å². The van der Waals surface area contributed by atoms with Gasteiger partial charge in [0, 0.05) is 18.7 Å². The van der Waals surface area contributed by atoms with Crippen molar-refractivity contribution in [2.45, 2.75) is 32.2 Å². The van der Waals surface area contributed by atoms with Crippen molar-refractivity contribution in [1.82, 2.24) is 4.90 Å². The van der Waals surface area contributed by atoms with E-state index in [2.05, 4.69) is 16.6 Å². The highest BCUT2D eigenvalue weighted by atomic mass is 19.4. The van der Waals surface area contributed by atoms with Crippen LogP contribution in [-0.4, -0.2) is 30.9 Å². The first kappa shape index (κ1) is 16.1. The molecule has 0 amide bonds. The maximum atomic E-state index is 12.5. The molecule has 1 aliphatic heterocycles. The number of hydrogen-bond acceptors (Lipinski definition) is 3. The zero-order chi connectivity index (χ0) is 15.5. The largest absolute Gasteiger partial charge is 0.573 e. The standard InChI is InChI=1S/C15H21F3N2O/c1-11-5-4-8-20(10-11)13(9-19)12-6-2-3-7-14(12)21-15(16,17)18/h2-3,6-7,11,13H,4-5,8-10,19H2,1H3/t11-,13-/m0/s1. The Morgan fingerprint density at radius 3 is 2.71 bits per heavy atom. The van der Waals surface area contributed by atoms with Crippen LogP contribution in [0.15, 0.2) is 24.3 Å². The normalized spacial score (nSPS) is 22.0. The minimum atomic E-state index is -4.69. The zero-order valence-electron chi connectivity index (χ0n) is 12.1. The van der Waals surface area contributed by atoms with Crippen molar-refractivity contribution in [2.24, 2.45) is 11.7 Å². The van der Waals surface area contributed by atoms with Crippen LogP contribution in [0.4, 0.5) is 13.2 Å². The van der Waals surface area contributed by atoms with Crippen LogP contribution in [0.2, 0.25) is 0 Å². The van der Waals surface area contributed by atoms with Crippen LogP contribution >= 0.6 is 0 Å². The number of piperidine rings is 1. The van der Waals surface area contributed by atoms with Crippen LogP contribution in [0.1, 0.15) is 31.4 Å². The highest BCUT2D eigenvalue weighted by Gasteiger charge is 2.34. The van der Waals surface area contributed by atoms with Gasteiger partial charge < -0.3 is 10.5 Å². The van der Waals surface area contributed by atoms with E-state index < -0.39 is 6.36 Å². The number of ether oxygens (including phenoxy) is 1. The van der Waals surface area contributed by atoms with Gasteiger partial charge in [-0.3, -0.25) is 4.90 Å². The number of alkyl halides is 3. The maximum absolute atomic E-state index is 12.5. The Balaban J connectivity index is 2.25. The molecule has 1 saturated heterocycles. The Hall–Kier alpha value is -1.27. The van der Waals surface area contributed by atoms with E-state index in [9.17, 15) is 13.2 Å². The minimum absolute atomic E-state index is 0.154. The highest BCUT2D eigenvalue weighted by Crippen LogP contribution is 2.34. The third-order valence-corrected chi connectivity index (χ3v) is 3.86. The van der Waals surface area contributed by atoms with Crippen LogP contribution in [-0.2, 0) is 0 Å². The molecule has 2 N–H and O–H groups in total. The Morgan fingerprint density at radius 2 is 2.10 bits per heavy atom. The number of nitrogens with zero attached hydrogens (tertiary/aromatic N) is 1. The number of rotatable bonds is 4. The number of halogens is 3. The molecule has 2 atom stereocenters. The van der Waals surface area contributed by atoms with Crippen molar-refractivity contribution >= 4 is 0 Å². The monoisotopic (exact) mass is 302 g/mol. The second kappa shape index (κ2) is 6.66. The number of nitrogens with two attached hydrogens (primary N) is 1. The van der Waals surface area contributed by atoms with Crippen molar-refractivity contribution in [3.63, 3.8) is 0 Å². The smallest absolute Gasteiger partial charge is 0.405 e. The number of likely N-dealkylation sites (tertiary alicyclic amines) is 1. The summed E-state index contributed by atoms with van der Waals surface area (Å²) in [7, 11) is 0. The van der Waals surface area contributed by atoms with Gasteiger partial charge in [0.15, 0.2) is 0 Å². The lowest BCUT2D eigenvalue weighted by atomic mass is 9.96. The molecule has 1 fully saturated rings. The van der Waals surface area contributed by atoms with Crippen molar-refractivity contribution in [3.8, 4) is 5.75 Å². The van der Waals surface area contributed by atoms with E-state index >= 15 is 0 Å². The fourth-order valence-corrected chi connectivity index (χ4v) is 2.96. The predicted molar refractivity (Wildman–Crippen MR) is 74.9 cm³/mol. The van der Waals surface area contributed by atoms with E-state index in [1.807, 2.05) is 0 Å². The molecule has 0 radical (unpaired) electrons. The molecular formula is C15H21F3N2O. The van der Waals surface area contributed by atoms with Crippen molar-refractivity contribution in [2.75, 3.05) is 19.6 Å². The quantitative estimate of drug-likeness (QED) is 0.927. The van der Waals surface area contributed by atoms with Gasteiger partial charge in [0.05, 0.1) is 6.04 Å². The lowest BCUT2D eigenvalue weighted by molar-refractivity contribution is -0.275. The summed E-state index contributed by atoms with van der Waals surface area (Å²) >= 11 is 0. The molecule has 0 unspecified atom stereocenters. The van der Waals surface area contributed by atoms with E-state index in [0.717, 1.165) is 25.9 Å². The third kappa shape index (κ3) is 4.35. The molecule has 2 rings (SSSR count). The second-order valence-corrected chi connectivity index (χ2v) is 5.58. The summed E-state index contributed by atoms with van der Waals surface area (Å²) in [4.78, 5) is 2.16. The average molecular weight is 302 g/mol. The zero-order valence-corrected chi connectivity index (χ0v) is 12.1. The fourth-order valence-electron chi connectivity index (χ4n) is 2.96. The minimum Gasteiger partial charge on any atom is -0.405 e.